The highest BCUT2D eigenvalue weighted by Gasteiger charge is 2.33. The molecule has 190 valence electrons. The lowest BCUT2D eigenvalue weighted by Gasteiger charge is -2.42. The minimum Gasteiger partial charge on any atom is -0.489 e. The van der Waals surface area contributed by atoms with Crippen molar-refractivity contribution in [2.24, 2.45) is 17.3 Å². The van der Waals surface area contributed by atoms with Crippen molar-refractivity contribution in [1.82, 2.24) is 4.90 Å². The van der Waals surface area contributed by atoms with Gasteiger partial charge in [-0.05, 0) is 73.3 Å². The summed E-state index contributed by atoms with van der Waals surface area (Å²) in [6.45, 7) is 16.8. The Kier molecular flexibility index (Phi) is 7.32. The Labute approximate surface area is 207 Å². The molecule has 5 heteroatoms. The third-order valence-electron chi connectivity index (χ3n) is 9.17. The van der Waals surface area contributed by atoms with E-state index in [2.05, 4.69) is 54.7 Å². The van der Waals surface area contributed by atoms with Crippen LogP contribution in [0.2, 0.25) is 0 Å². The molecule has 0 atom stereocenters. The Morgan fingerprint density at radius 1 is 0.824 bits per heavy atom. The van der Waals surface area contributed by atoms with Crippen LogP contribution in [-0.4, -0.2) is 71.0 Å². The van der Waals surface area contributed by atoms with Crippen LogP contribution < -0.4 is 14.5 Å². The van der Waals surface area contributed by atoms with E-state index in [9.17, 15) is 0 Å². The molecular formula is C29H47N3O2. The Morgan fingerprint density at radius 3 is 2.21 bits per heavy atom. The number of nitrogens with zero attached hydrogens (tertiary/aromatic N) is 3. The van der Waals surface area contributed by atoms with Gasteiger partial charge in [0.25, 0.3) is 0 Å². The molecule has 3 fully saturated rings. The standard InChI is InChI=1S/C29H47N3O2/c1-29(2,3)24-7-5-23(6-8-24)25-19-27-28(34-18-15-30(27)4)20-26(25)32-13-11-31(12-14-32)21-22-9-16-33-17-10-22/h19-20,22-24H,5-18,21H2,1-4H3. The van der Waals surface area contributed by atoms with E-state index in [1.165, 1.54) is 69.5 Å². The molecule has 1 saturated carbocycles. The molecule has 0 unspecified atom stereocenters. The van der Waals surface area contributed by atoms with Gasteiger partial charge in [-0.2, -0.15) is 0 Å². The molecule has 3 aliphatic heterocycles. The number of rotatable bonds is 4. The quantitative estimate of drug-likeness (QED) is 0.590. The number of fused-ring (bicyclic) bond motifs is 1. The lowest BCUT2D eigenvalue weighted by molar-refractivity contribution is 0.0517. The second kappa shape index (κ2) is 10.3. The molecule has 1 aromatic rings. The zero-order valence-corrected chi connectivity index (χ0v) is 22.2. The molecule has 34 heavy (non-hydrogen) atoms. The smallest absolute Gasteiger partial charge is 0.144 e. The molecule has 2 saturated heterocycles. The summed E-state index contributed by atoms with van der Waals surface area (Å²) in [6, 6.07) is 4.89. The van der Waals surface area contributed by atoms with E-state index >= 15 is 0 Å². The molecule has 0 spiro atoms. The van der Waals surface area contributed by atoms with Crippen molar-refractivity contribution in [2.45, 2.75) is 65.2 Å². The second-order valence-electron chi connectivity index (χ2n) is 12.4. The van der Waals surface area contributed by atoms with Crippen LogP contribution in [0.1, 0.15) is 70.8 Å². The number of piperazine rings is 1. The van der Waals surface area contributed by atoms with E-state index < -0.39 is 0 Å². The first-order valence-electron chi connectivity index (χ1n) is 14.0. The Hall–Kier alpha value is -1.46. The van der Waals surface area contributed by atoms with Crippen LogP contribution in [0.3, 0.4) is 0 Å². The minimum atomic E-state index is 0.429. The van der Waals surface area contributed by atoms with Crippen LogP contribution in [0.15, 0.2) is 12.1 Å². The highest BCUT2D eigenvalue weighted by atomic mass is 16.5. The average Bonchev–Trinajstić information content (AvgIpc) is 2.84. The molecule has 4 aliphatic rings. The monoisotopic (exact) mass is 469 g/mol. The summed E-state index contributed by atoms with van der Waals surface area (Å²) in [5.74, 6) is 3.43. The molecule has 5 nitrogen and oxygen atoms in total. The third-order valence-corrected chi connectivity index (χ3v) is 9.17. The summed E-state index contributed by atoms with van der Waals surface area (Å²) < 4.78 is 11.7. The summed E-state index contributed by atoms with van der Waals surface area (Å²) in [5, 5.41) is 0. The predicted octanol–water partition coefficient (Wildman–Crippen LogP) is 5.38. The van der Waals surface area contributed by atoms with Crippen molar-refractivity contribution in [3.63, 3.8) is 0 Å². The predicted molar refractivity (Wildman–Crippen MR) is 142 cm³/mol. The molecule has 0 N–H and O–H groups in total. The van der Waals surface area contributed by atoms with E-state index in [0.717, 1.165) is 57.0 Å². The van der Waals surface area contributed by atoms with Crippen LogP contribution in [-0.2, 0) is 4.74 Å². The highest BCUT2D eigenvalue weighted by molar-refractivity contribution is 5.71. The lowest BCUT2D eigenvalue weighted by atomic mass is 9.68. The number of benzene rings is 1. The zero-order chi connectivity index (χ0) is 23.7. The van der Waals surface area contributed by atoms with E-state index in [1.807, 2.05) is 0 Å². The van der Waals surface area contributed by atoms with Gasteiger partial charge in [0.2, 0.25) is 0 Å². The number of anilines is 2. The summed E-state index contributed by atoms with van der Waals surface area (Å²) in [6.07, 6.45) is 7.82. The topological polar surface area (TPSA) is 28.2 Å². The molecular weight excluding hydrogens is 422 g/mol. The lowest BCUT2D eigenvalue weighted by Crippen LogP contribution is -2.48. The summed E-state index contributed by atoms with van der Waals surface area (Å²) in [7, 11) is 2.22. The third kappa shape index (κ3) is 5.36. The molecule has 0 bridgehead atoms. The van der Waals surface area contributed by atoms with Crippen molar-refractivity contribution in [2.75, 3.05) is 75.9 Å². The van der Waals surface area contributed by atoms with Crippen molar-refractivity contribution in [3.8, 4) is 5.75 Å². The Balaban J connectivity index is 1.32. The molecule has 3 heterocycles. The number of hydrogen-bond acceptors (Lipinski definition) is 5. The molecule has 1 aliphatic carbocycles. The zero-order valence-electron chi connectivity index (χ0n) is 22.2. The maximum Gasteiger partial charge on any atom is 0.144 e. The van der Waals surface area contributed by atoms with Gasteiger partial charge in [-0.25, -0.2) is 0 Å². The molecule has 0 aromatic heterocycles. The highest BCUT2D eigenvalue weighted by Crippen LogP contribution is 2.48. The van der Waals surface area contributed by atoms with Crippen molar-refractivity contribution >= 4 is 11.4 Å². The summed E-state index contributed by atoms with van der Waals surface area (Å²) in [4.78, 5) is 7.76. The molecule has 5 rings (SSSR count). The van der Waals surface area contributed by atoms with Crippen LogP contribution in [0.4, 0.5) is 11.4 Å². The van der Waals surface area contributed by atoms with Crippen LogP contribution in [0, 0.1) is 17.3 Å². The van der Waals surface area contributed by atoms with Crippen molar-refractivity contribution in [3.05, 3.63) is 17.7 Å². The first-order valence-corrected chi connectivity index (χ1v) is 14.0. The fourth-order valence-corrected chi connectivity index (χ4v) is 6.74. The van der Waals surface area contributed by atoms with Gasteiger partial charge < -0.3 is 19.3 Å². The maximum atomic E-state index is 6.16. The van der Waals surface area contributed by atoms with Crippen LogP contribution in [0.5, 0.6) is 5.75 Å². The first-order chi connectivity index (χ1) is 16.4. The van der Waals surface area contributed by atoms with Gasteiger partial charge in [-0.1, -0.05) is 20.8 Å². The van der Waals surface area contributed by atoms with Gasteiger partial charge in [-0.3, -0.25) is 4.90 Å². The number of hydrogen-bond donors (Lipinski definition) is 0. The summed E-state index contributed by atoms with van der Waals surface area (Å²) in [5.41, 5.74) is 4.76. The number of likely N-dealkylation sites (N-methyl/N-ethyl adjacent to an activating group) is 1. The van der Waals surface area contributed by atoms with Gasteiger partial charge in [0, 0.05) is 64.7 Å². The fraction of sp³-hybridized carbons (Fsp3) is 0.793. The van der Waals surface area contributed by atoms with Gasteiger partial charge in [0.15, 0.2) is 0 Å². The number of ether oxygens (including phenoxy) is 2. The summed E-state index contributed by atoms with van der Waals surface area (Å²) >= 11 is 0. The molecule has 1 aromatic carbocycles. The van der Waals surface area contributed by atoms with Gasteiger partial charge in [0.05, 0.1) is 12.2 Å². The Bertz CT molecular complexity index is 813. The fourth-order valence-electron chi connectivity index (χ4n) is 6.74. The van der Waals surface area contributed by atoms with Crippen molar-refractivity contribution < 1.29 is 9.47 Å². The van der Waals surface area contributed by atoms with E-state index in [-0.39, 0.29) is 0 Å². The Morgan fingerprint density at radius 2 is 1.53 bits per heavy atom. The van der Waals surface area contributed by atoms with Gasteiger partial charge >= 0.3 is 0 Å². The van der Waals surface area contributed by atoms with E-state index in [1.54, 1.807) is 5.56 Å². The second-order valence-corrected chi connectivity index (χ2v) is 12.4. The normalized spacial score (nSPS) is 27.4. The molecule has 0 amide bonds. The van der Waals surface area contributed by atoms with Gasteiger partial charge in [0.1, 0.15) is 12.4 Å². The van der Waals surface area contributed by atoms with Gasteiger partial charge in [-0.15, -0.1) is 0 Å². The molecule has 0 radical (unpaired) electrons. The van der Waals surface area contributed by atoms with E-state index in [0.29, 0.717) is 11.3 Å². The van der Waals surface area contributed by atoms with Crippen LogP contribution >= 0.6 is 0 Å². The average molecular weight is 470 g/mol. The largest absolute Gasteiger partial charge is 0.489 e. The first kappa shape index (κ1) is 24.2. The van der Waals surface area contributed by atoms with Crippen molar-refractivity contribution in [1.29, 1.82) is 0 Å². The maximum absolute atomic E-state index is 6.16. The SMILES string of the molecule is CN1CCOc2cc(N3CCN(CC4CCOCC4)CC3)c(C3CCC(C(C)(C)C)CC3)cc21. The van der Waals surface area contributed by atoms with E-state index in [4.69, 9.17) is 9.47 Å². The minimum absolute atomic E-state index is 0.429. The van der Waals surface area contributed by atoms with Crippen LogP contribution in [0.25, 0.3) is 0 Å².